The number of nitrogens with one attached hydrogen (secondary N) is 2. The molecule has 2 amide bonds. The molecule has 0 unspecified atom stereocenters. The number of amides is 2. The van der Waals surface area contributed by atoms with Crippen molar-refractivity contribution in [3.05, 3.63) is 29.8 Å². The summed E-state index contributed by atoms with van der Waals surface area (Å²) >= 11 is 0. The van der Waals surface area contributed by atoms with E-state index in [9.17, 15) is 4.79 Å². The fourth-order valence-electron chi connectivity index (χ4n) is 2.15. The van der Waals surface area contributed by atoms with Crippen LogP contribution in [0.15, 0.2) is 24.3 Å². The molecule has 0 saturated carbocycles. The molecule has 5 heteroatoms. The molecule has 0 spiro atoms. The van der Waals surface area contributed by atoms with E-state index in [1.54, 1.807) is 7.11 Å². The highest BCUT2D eigenvalue weighted by molar-refractivity contribution is 5.76. The van der Waals surface area contributed by atoms with Gasteiger partial charge in [0.05, 0.1) is 7.11 Å². The molecule has 2 N–H and O–H groups in total. The maximum atomic E-state index is 11.4. The fraction of sp³-hybridized carbons (Fsp3) is 0.500. The summed E-state index contributed by atoms with van der Waals surface area (Å²) < 4.78 is 5.14. The topological polar surface area (TPSA) is 53.6 Å². The highest BCUT2D eigenvalue weighted by atomic mass is 16.5. The van der Waals surface area contributed by atoms with Crippen LogP contribution in [0.5, 0.6) is 5.75 Å². The van der Waals surface area contributed by atoms with Crippen LogP contribution in [-0.2, 0) is 0 Å². The third kappa shape index (κ3) is 3.61. The quantitative estimate of drug-likeness (QED) is 0.815. The Balaban J connectivity index is 1.77. The average Bonchev–Trinajstić information content (AvgIpc) is 2.84. The van der Waals surface area contributed by atoms with Gasteiger partial charge in [-0.1, -0.05) is 12.1 Å². The van der Waals surface area contributed by atoms with E-state index < -0.39 is 0 Å². The summed E-state index contributed by atoms with van der Waals surface area (Å²) in [6, 6.07) is 8.33. The van der Waals surface area contributed by atoms with Crippen LogP contribution in [0.3, 0.4) is 0 Å². The zero-order valence-corrected chi connectivity index (χ0v) is 11.5. The smallest absolute Gasteiger partial charge is 0.317 e. The number of nitrogens with zero attached hydrogens (tertiary/aromatic N) is 1. The van der Waals surface area contributed by atoms with Gasteiger partial charge in [0.15, 0.2) is 0 Å². The van der Waals surface area contributed by atoms with Gasteiger partial charge in [-0.2, -0.15) is 0 Å². The molecule has 5 nitrogen and oxygen atoms in total. The summed E-state index contributed by atoms with van der Waals surface area (Å²) in [4.78, 5) is 13.2. The number of hydrogen-bond donors (Lipinski definition) is 2. The summed E-state index contributed by atoms with van der Waals surface area (Å²) in [5, 5.41) is 6.22. The predicted octanol–water partition coefficient (Wildman–Crippen LogP) is 1.37. The molecule has 1 atom stereocenters. The number of benzene rings is 1. The van der Waals surface area contributed by atoms with Crippen LogP contribution in [0.1, 0.15) is 18.5 Å². The van der Waals surface area contributed by atoms with Gasteiger partial charge >= 0.3 is 6.03 Å². The van der Waals surface area contributed by atoms with Gasteiger partial charge in [-0.3, -0.25) is 0 Å². The van der Waals surface area contributed by atoms with Crippen LogP contribution in [0.4, 0.5) is 4.79 Å². The van der Waals surface area contributed by atoms with E-state index in [1.807, 2.05) is 17.0 Å². The van der Waals surface area contributed by atoms with Gasteiger partial charge in [-0.15, -0.1) is 0 Å². The van der Waals surface area contributed by atoms with E-state index in [2.05, 4.69) is 29.7 Å². The number of carbonyl (C=O) groups excluding carboxylic acids is 1. The van der Waals surface area contributed by atoms with Crippen molar-refractivity contribution in [3.63, 3.8) is 0 Å². The molecule has 0 bridgehead atoms. The third-order valence-corrected chi connectivity index (χ3v) is 3.39. The molecule has 1 aromatic carbocycles. The molecular weight excluding hydrogens is 242 g/mol. The first-order valence-electron chi connectivity index (χ1n) is 6.61. The molecule has 2 rings (SSSR count). The SMILES string of the molecule is COc1ccc([C@@H](C)NCCN2CCNC2=O)cc1. The van der Waals surface area contributed by atoms with E-state index >= 15 is 0 Å². The average molecular weight is 263 g/mol. The van der Waals surface area contributed by atoms with Crippen LogP contribution >= 0.6 is 0 Å². The highest BCUT2D eigenvalue weighted by Crippen LogP contribution is 2.16. The molecule has 1 heterocycles. The van der Waals surface area contributed by atoms with Crippen molar-refractivity contribution < 1.29 is 9.53 Å². The molecule has 1 fully saturated rings. The van der Waals surface area contributed by atoms with E-state index in [-0.39, 0.29) is 12.1 Å². The monoisotopic (exact) mass is 263 g/mol. The van der Waals surface area contributed by atoms with Crippen LogP contribution < -0.4 is 15.4 Å². The van der Waals surface area contributed by atoms with Crippen molar-refractivity contribution in [2.24, 2.45) is 0 Å². The lowest BCUT2D eigenvalue weighted by atomic mass is 10.1. The highest BCUT2D eigenvalue weighted by Gasteiger charge is 2.18. The molecule has 1 saturated heterocycles. The number of rotatable bonds is 6. The van der Waals surface area contributed by atoms with Crippen molar-refractivity contribution in [2.75, 3.05) is 33.3 Å². The zero-order valence-electron chi connectivity index (χ0n) is 11.5. The van der Waals surface area contributed by atoms with Crippen molar-refractivity contribution in [1.82, 2.24) is 15.5 Å². The first-order valence-corrected chi connectivity index (χ1v) is 6.61. The summed E-state index contributed by atoms with van der Waals surface area (Å²) in [6.45, 7) is 5.21. The lowest BCUT2D eigenvalue weighted by molar-refractivity contribution is 0.217. The summed E-state index contributed by atoms with van der Waals surface area (Å²) in [7, 11) is 1.66. The molecule has 19 heavy (non-hydrogen) atoms. The number of carbonyl (C=O) groups is 1. The predicted molar refractivity (Wildman–Crippen MR) is 74.4 cm³/mol. The van der Waals surface area contributed by atoms with Crippen LogP contribution in [-0.4, -0.2) is 44.2 Å². The minimum atomic E-state index is 0.0406. The normalized spacial score (nSPS) is 16.3. The van der Waals surface area contributed by atoms with Crippen LogP contribution in [0.25, 0.3) is 0 Å². The van der Waals surface area contributed by atoms with E-state index in [1.165, 1.54) is 5.56 Å². The number of methoxy groups -OCH3 is 1. The Morgan fingerprint density at radius 1 is 1.42 bits per heavy atom. The summed E-state index contributed by atoms with van der Waals surface area (Å²) in [5.41, 5.74) is 1.21. The molecule has 104 valence electrons. The van der Waals surface area contributed by atoms with E-state index in [0.717, 1.165) is 31.9 Å². The maximum Gasteiger partial charge on any atom is 0.317 e. The number of ether oxygens (including phenoxy) is 1. The van der Waals surface area contributed by atoms with Gasteiger partial charge in [-0.25, -0.2) is 4.79 Å². The second kappa shape index (κ2) is 6.43. The van der Waals surface area contributed by atoms with Crippen molar-refractivity contribution in [2.45, 2.75) is 13.0 Å². The summed E-state index contributed by atoms with van der Waals surface area (Å²) in [6.07, 6.45) is 0. The largest absolute Gasteiger partial charge is 0.497 e. The lowest BCUT2D eigenvalue weighted by Gasteiger charge is -2.18. The Bertz CT molecular complexity index is 419. The van der Waals surface area contributed by atoms with E-state index in [4.69, 9.17) is 4.74 Å². The van der Waals surface area contributed by atoms with Gasteiger partial charge in [0.1, 0.15) is 5.75 Å². The minimum Gasteiger partial charge on any atom is -0.497 e. The first kappa shape index (κ1) is 13.7. The van der Waals surface area contributed by atoms with Crippen LogP contribution in [0, 0.1) is 0 Å². The molecule has 0 aromatic heterocycles. The van der Waals surface area contributed by atoms with Crippen molar-refractivity contribution >= 4 is 6.03 Å². The van der Waals surface area contributed by atoms with Gasteiger partial charge in [-0.05, 0) is 24.6 Å². The second-order valence-electron chi connectivity index (χ2n) is 4.67. The van der Waals surface area contributed by atoms with Gasteiger partial charge in [0, 0.05) is 32.2 Å². The fourth-order valence-corrected chi connectivity index (χ4v) is 2.15. The molecule has 1 aromatic rings. The number of urea groups is 1. The second-order valence-corrected chi connectivity index (χ2v) is 4.67. The molecule has 1 aliphatic rings. The van der Waals surface area contributed by atoms with Gasteiger partial charge in [0.2, 0.25) is 0 Å². The molecule has 0 radical (unpaired) electrons. The molecule has 1 aliphatic heterocycles. The number of hydrogen-bond acceptors (Lipinski definition) is 3. The third-order valence-electron chi connectivity index (χ3n) is 3.39. The maximum absolute atomic E-state index is 11.4. The summed E-state index contributed by atoms with van der Waals surface area (Å²) in [5.74, 6) is 0.865. The van der Waals surface area contributed by atoms with Crippen molar-refractivity contribution in [1.29, 1.82) is 0 Å². The Hall–Kier alpha value is -1.75. The Labute approximate surface area is 113 Å². The Morgan fingerprint density at radius 3 is 2.74 bits per heavy atom. The Kier molecular flexibility index (Phi) is 4.63. The van der Waals surface area contributed by atoms with Crippen molar-refractivity contribution in [3.8, 4) is 5.75 Å². The van der Waals surface area contributed by atoms with Gasteiger partial charge in [0.25, 0.3) is 0 Å². The zero-order chi connectivity index (χ0) is 13.7. The first-order chi connectivity index (χ1) is 9.20. The van der Waals surface area contributed by atoms with Crippen LogP contribution in [0.2, 0.25) is 0 Å². The standard InChI is InChI=1S/C14H21N3O2/c1-11(12-3-5-13(19-2)6-4-12)15-7-9-17-10-8-16-14(17)18/h3-6,11,15H,7-10H2,1-2H3,(H,16,18)/t11-/m1/s1. The van der Waals surface area contributed by atoms with Gasteiger partial charge < -0.3 is 20.3 Å². The molecular formula is C14H21N3O2. The van der Waals surface area contributed by atoms with E-state index in [0.29, 0.717) is 0 Å². The molecule has 0 aliphatic carbocycles. The minimum absolute atomic E-state index is 0.0406. The Morgan fingerprint density at radius 2 is 2.16 bits per heavy atom. The lowest BCUT2D eigenvalue weighted by Crippen LogP contribution is -2.35.